The van der Waals surface area contributed by atoms with Gasteiger partial charge in [0.05, 0.1) is 6.42 Å². The Bertz CT molecular complexity index is 1120. The van der Waals surface area contributed by atoms with Gasteiger partial charge in [0.25, 0.3) is 0 Å². The number of carbonyl (C=O) groups is 2. The van der Waals surface area contributed by atoms with Crippen molar-refractivity contribution in [1.82, 2.24) is 10.2 Å². The van der Waals surface area contributed by atoms with Crippen LogP contribution in [0.4, 0.5) is 0 Å². The van der Waals surface area contributed by atoms with E-state index in [0.29, 0.717) is 13.0 Å². The summed E-state index contributed by atoms with van der Waals surface area (Å²) in [5.41, 5.74) is 3.61. The van der Waals surface area contributed by atoms with Gasteiger partial charge in [0.15, 0.2) is 0 Å². The second-order valence-electron chi connectivity index (χ2n) is 9.70. The van der Waals surface area contributed by atoms with Crippen LogP contribution in [0.3, 0.4) is 0 Å². The fraction of sp³-hybridized carbons (Fsp3) is 0.310. The lowest BCUT2D eigenvalue weighted by Gasteiger charge is -2.34. The molecule has 0 aliphatic rings. The maximum absolute atomic E-state index is 13.8. The van der Waals surface area contributed by atoms with Gasteiger partial charge in [0.2, 0.25) is 11.8 Å². The lowest BCUT2D eigenvalue weighted by Crippen LogP contribution is -2.54. The van der Waals surface area contributed by atoms with Gasteiger partial charge in [-0.25, -0.2) is 0 Å². The van der Waals surface area contributed by atoms with Crippen molar-refractivity contribution in [3.8, 4) is 0 Å². The van der Waals surface area contributed by atoms with E-state index in [4.69, 9.17) is 0 Å². The van der Waals surface area contributed by atoms with E-state index in [0.717, 1.165) is 26.7 Å². The molecule has 0 fully saturated rings. The molecule has 1 atom stereocenters. The van der Waals surface area contributed by atoms with Gasteiger partial charge < -0.3 is 10.2 Å². The van der Waals surface area contributed by atoms with Crippen LogP contribution in [0.15, 0.2) is 83.3 Å². The van der Waals surface area contributed by atoms with Gasteiger partial charge in [-0.05, 0) is 62.1 Å². The Labute approximate surface area is 211 Å². The molecule has 5 heteroatoms. The van der Waals surface area contributed by atoms with Crippen LogP contribution in [0.25, 0.3) is 0 Å². The molecule has 1 N–H and O–H groups in total. The first-order valence-electron chi connectivity index (χ1n) is 11.6. The van der Waals surface area contributed by atoms with Gasteiger partial charge in [0.1, 0.15) is 6.04 Å². The summed E-state index contributed by atoms with van der Waals surface area (Å²) in [5.74, 6) is -0.219. The molecule has 1 unspecified atom stereocenters. The molecule has 0 aliphatic carbocycles. The Morgan fingerprint density at radius 2 is 1.56 bits per heavy atom. The zero-order valence-electron chi connectivity index (χ0n) is 20.3. The second-order valence-corrected chi connectivity index (χ2v) is 10.6. The minimum absolute atomic E-state index is 0.0701. The van der Waals surface area contributed by atoms with E-state index in [1.807, 2.05) is 107 Å². The van der Waals surface area contributed by atoms with Crippen molar-refractivity contribution < 1.29 is 9.59 Å². The molecule has 34 heavy (non-hydrogen) atoms. The molecule has 0 aromatic heterocycles. The van der Waals surface area contributed by atoms with E-state index in [1.54, 1.807) is 4.90 Å². The van der Waals surface area contributed by atoms with Crippen LogP contribution in [0.1, 0.15) is 43.0 Å². The highest BCUT2D eigenvalue weighted by atomic mass is 79.9. The van der Waals surface area contributed by atoms with Crippen LogP contribution in [0.2, 0.25) is 0 Å². The van der Waals surface area contributed by atoms with Crippen LogP contribution < -0.4 is 5.32 Å². The molecule has 0 radical (unpaired) electrons. The van der Waals surface area contributed by atoms with Crippen molar-refractivity contribution >= 4 is 27.7 Å². The molecule has 3 aromatic rings. The molecule has 2 amide bonds. The lowest BCUT2D eigenvalue weighted by atomic mass is 9.99. The highest BCUT2D eigenvalue weighted by molar-refractivity contribution is 9.10. The van der Waals surface area contributed by atoms with Crippen molar-refractivity contribution in [2.45, 2.75) is 58.7 Å². The molecule has 178 valence electrons. The van der Waals surface area contributed by atoms with Crippen LogP contribution in [0.5, 0.6) is 0 Å². The highest BCUT2D eigenvalue weighted by Crippen LogP contribution is 2.20. The minimum Gasteiger partial charge on any atom is -0.350 e. The molecule has 0 heterocycles. The van der Waals surface area contributed by atoms with Gasteiger partial charge in [-0.1, -0.05) is 82.7 Å². The maximum atomic E-state index is 13.8. The summed E-state index contributed by atoms with van der Waals surface area (Å²) in [5, 5.41) is 3.11. The molecule has 0 saturated carbocycles. The average molecular weight is 521 g/mol. The third-order valence-electron chi connectivity index (χ3n) is 5.61. The molecule has 3 rings (SSSR count). The molecule has 0 bridgehead atoms. The first-order valence-corrected chi connectivity index (χ1v) is 12.4. The number of nitrogens with zero attached hydrogens (tertiary/aromatic N) is 1. The van der Waals surface area contributed by atoms with Gasteiger partial charge in [0, 0.05) is 23.0 Å². The van der Waals surface area contributed by atoms with Gasteiger partial charge in [-0.2, -0.15) is 0 Å². The van der Waals surface area contributed by atoms with Crippen molar-refractivity contribution in [3.63, 3.8) is 0 Å². The summed E-state index contributed by atoms with van der Waals surface area (Å²) in [4.78, 5) is 29.1. The Hall–Kier alpha value is -2.92. The number of amides is 2. The summed E-state index contributed by atoms with van der Waals surface area (Å²) >= 11 is 3.53. The monoisotopic (exact) mass is 520 g/mol. The van der Waals surface area contributed by atoms with E-state index >= 15 is 0 Å². The quantitative estimate of drug-likeness (QED) is 0.404. The summed E-state index contributed by atoms with van der Waals surface area (Å²) in [6.45, 7) is 8.23. The third kappa shape index (κ3) is 7.56. The Kier molecular flexibility index (Phi) is 8.67. The average Bonchev–Trinajstić information content (AvgIpc) is 2.77. The Morgan fingerprint density at radius 3 is 2.21 bits per heavy atom. The number of rotatable bonds is 8. The summed E-state index contributed by atoms with van der Waals surface area (Å²) in [6.07, 6.45) is 0.686. The number of nitrogens with one attached hydrogen (secondary N) is 1. The molecule has 0 saturated heterocycles. The number of carbonyl (C=O) groups excluding carboxylic acids is 2. The number of halogens is 1. The molecule has 3 aromatic carbocycles. The Balaban J connectivity index is 2.00. The predicted molar refractivity (Wildman–Crippen MR) is 141 cm³/mol. The first kappa shape index (κ1) is 25.7. The maximum Gasteiger partial charge on any atom is 0.243 e. The van der Waals surface area contributed by atoms with Crippen molar-refractivity contribution in [2.75, 3.05) is 0 Å². The van der Waals surface area contributed by atoms with E-state index in [1.165, 1.54) is 0 Å². The molecule has 0 spiro atoms. The zero-order chi connectivity index (χ0) is 24.7. The molecule has 4 nitrogen and oxygen atoms in total. The topological polar surface area (TPSA) is 49.4 Å². The van der Waals surface area contributed by atoms with E-state index < -0.39 is 11.6 Å². The second kappa shape index (κ2) is 11.5. The Morgan fingerprint density at radius 1 is 0.912 bits per heavy atom. The molecule has 0 aliphatic heterocycles. The fourth-order valence-corrected chi connectivity index (χ4v) is 4.36. The van der Waals surface area contributed by atoms with E-state index in [-0.39, 0.29) is 18.2 Å². The van der Waals surface area contributed by atoms with E-state index in [2.05, 4.69) is 21.2 Å². The smallest absolute Gasteiger partial charge is 0.243 e. The van der Waals surface area contributed by atoms with Gasteiger partial charge >= 0.3 is 0 Å². The molecular weight excluding hydrogens is 488 g/mol. The highest BCUT2D eigenvalue weighted by Gasteiger charge is 2.32. The number of benzene rings is 3. The van der Waals surface area contributed by atoms with Crippen LogP contribution in [-0.4, -0.2) is 28.3 Å². The van der Waals surface area contributed by atoms with Gasteiger partial charge in [-0.3, -0.25) is 9.59 Å². The van der Waals surface area contributed by atoms with E-state index in [9.17, 15) is 9.59 Å². The van der Waals surface area contributed by atoms with Crippen molar-refractivity contribution in [1.29, 1.82) is 0 Å². The van der Waals surface area contributed by atoms with Gasteiger partial charge in [-0.15, -0.1) is 0 Å². The number of aryl methyl sites for hydroxylation is 1. The number of hydrogen-bond donors (Lipinski definition) is 1. The summed E-state index contributed by atoms with van der Waals surface area (Å²) in [7, 11) is 0. The normalized spacial score (nSPS) is 12.1. The van der Waals surface area contributed by atoms with Crippen molar-refractivity contribution in [3.05, 3.63) is 106 Å². The van der Waals surface area contributed by atoms with Crippen LogP contribution >= 0.6 is 15.9 Å². The van der Waals surface area contributed by atoms with Crippen molar-refractivity contribution in [2.24, 2.45) is 0 Å². The largest absolute Gasteiger partial charge is 0.350 e. The molecular formula is C29H33BrN2O2. The number of hydrogen-bond acceptors (Lipinski definition) is 2. The summed E-state index contributed by atoms with van der Waals surface area (Å²) in [6, 6.07) is 25.0. The SMILES string of the molecule is Cc1ccccc1CC(=O)N(Cc1cccc(Br)c1)C(Cc1ccccc1)C(=O)NC(C)(C)C. The standard InChI is InChI=1S/C29H33BrN2O2/c1-21-11-8-9-15-24(21)19-27(33)32(20-23-14-10-16-25(30)17-23)26(28(34)31-29(2,3)4)18-22-12-6-5-7-13-22/h5-17,26H,18-20H2,1-4H3,(H,31,34). The lowest BCUT2D eigenvalue weighted by molar-refractivity contribution is -0.141. The fourth-order valence-electron chi connectivity index (χ4n) is 3.91. The minimum atomic E-state index is -0.642. The third-order valence-corrected chi connectivity index (χ3v) is 6.11. The van der Waals surface area contributed by atoms with Crippen LogP contribution in [-0.2, 0) is 29.0 Å². The first-order chi connectivity index (χ1) is 16.1. The summed E-state index contributed by atoms with van der Waals surface area (Å²) < 4.78 is 0.940. The zero-order valence-corrected chi connectivity index (χ0v) is 21.9. The predicted octanol–water partition coefficient (Wildman–Crippen LogP) is 5.85. The van der Waals surface area contributed by atoms with Crippen LogP contribution in [0, 0.1) is 6.92 Å².